The molecule has 1 aliphatic rings. The number of rotatable bonds is 4. The number of carbonyl (C=O) groups excluding carboxylic acids is 2. The van der Waals surface area contributed by atoms with Gasteiger partial charge in [-0.15, -0.1) is 0 Å². The summed E-state index contributed by atoms with van der Waals surface area (Å²) in [6, 6.07) is 16.2. The van der Waals surface area contributed by atoms with Crippen LogP contribution >= 0.6 is 0 Å². The molecule has 140 valence electrons. The summed E-state index contributed by atoms with van der Waals surface area (Å²) in [5.41, 5.74) is 3.74. The van der Waals surface area contributed by atoms with Crippen LogP contribution in [0.4, 0.5) is 4.79 Å². The third-order valence-corrected chi connectivity index (χ3v) is 4.24. The van der Waals surface area contributed by atoms with Crippen LogP contribution in [0.15, 0.2) is 60.8 Å². The molecule has 27 heavy (non-hydrogen) atoms. The van der Waals surface area contributed by atoms with E-state index in [9.17, 15) is 9.59 Å². The molecule has 1 amide bonds. The van der Waals surface area contributed by atoms with Crippen molar-refractivity contribution in [1.82, 2.24) is 5.32 Å². The molecule has 0 unspecified atom stereocenters. The lowest BCUT2D eigenvalue weighted by Gasteiger charge is -2.20. The number of ether oxygens (including phenoxy) is 2. The van der Waals surface area contributed by atoms with Gasteiger partial charge in [0, 0.05) is 5.92 Å². The third kappa shape index (κ3) is 4.19. The summed E-state index contributed by atoms with van der Waals surface area (Å²) in [5, 5.41) is 2.34. The Bertz CT molecular complexity index is 850. The van der Waals surface area contributed by atoms with Crippen LogP contribution in [0.1, 0.15) is 37.8 Å². The van der Waals surface area contributed by atoms with Gasteiger partial charge in [-0.2, -0.15) is 0 Å². The molecule has 0 aliphatic heterocycles. The zero-order chi connectivity index (χ0) is 19.6. The van der Waals surface area contributed by atoms with Crippen LogP contribution in [0.3, 0.4) is 0 Å². The highest BCUT2D eigenvalue weighted by atomic mass is 16.6. The molecule has 2 aromatic rings. The van der Waals surface area contributed by atoms with Crippen molar-refractivity contribution < 1.29 is 19.1 Å². The first-order valence-electron chi connectivity index (χ1n) is 8.80. The van der Waals surface area contributed by atoms with E-state index in [1.807, 2.05) is 36.4 Å². The maximum Gasteiger partial charge on any atom is 0.411 e. The molecule has 1 aliphatic carbocycles. The minimum absolute atomic E-state index is 0.0436. The number of amides is 1. The molecule has 0 spiro atoms. The number of nitrogens with one attached hydrogen (secondary N) is 1. The molecule has 0 atom stereocenters. The molecule has 1 N–H and O–H groups in total. The van der Waals surface area contributed by atoms with E-state index in [0.29, 0.717) is 0 Å². The fourth-order valence-electron chi connectivity index (χ4n) is 3.15. The number of alkyl carbamates (subject to hydrolysis) is 1. The second kappa shape index (κ2) is 7.27. The van der Waals surface area contributed by atoms with Crippen molar-refractivity contribution in [2.24, 2.45) is 0 Å². The summed E-state index contributed by atoms with van der Waals surface area (Å²) in [7, 11) is 0. The Balaban J connectivity index is 1.64. The molecule has 0 fully saturated rings. The van der Waals surface area contributed by atoms with Gasteiger partial charge in [-0.25, -0.2) is 9.59 Å². The average molecular weight is 365 g/mol. The fraction of sp³-hybridized carbons (Fsp3) is 0.273. The standard InChI is InChI=1S/C22H23NO4/c1-14(20(24)27-22(2,3)4)23-21(25)26-13-19-17-11-7-5-9-15(17)16-10-6-8-12-18(16)19/h5-12,19H,1,13H2,2-4H3,(H,23,25). The van der Waals surface area contributed by atoms with E-state index in [0.717, 1.165) is 22.3 Å². The summed E-state index contributed by atoms with van der Waals surface area (Å²) in [6.45, 7) is 8.94. The number of fused-ring (bicyclic) bond motifs is 3. The van der Waals surface area contributed by atoms with Gasteiger partial charge in [-0.05, 0) is 43.0 Å². The Labute approximate surface area is 159 Å². The lowest BCUT2D eigenvalue weighted by Crippen LogP contribution is -2.33. The molecule has 0 bridgehead atoms. The predicted molar refractivity (Wildman–Crippen MR) is 103 cm³/mol. The minimum Gasteiger partial charge on any atom is -0.455 e. The molecule has 0 saturated carbocycles. The Hall–Kier alpha value is -3.08. The van der Waals surface area contributed by atoms with Crippen molar-refractivity contribution in [3.63, 3.8) is 0 Å². The molecule has 5 nitrogen and oxygen atoms in total. The molecule has 3 rings (SSSR count). The van der Waals surface area contributed by atoms with E-state index in [2.05, 4.69) is 24.0 Å². The summed E-state index contributed by atoms with van der Waals surface area (Å²) >= 11 is 0. The molecule has 0 aromatic heterocycles. The highest BCUT2D eigenvalue weighted by Crippen LogP contribution is 2.44. The Morgan fingerprint density at radius 2 is 1.52 bits per heavy atom. The molecule has 0 heterocycles. The van der Waals surface area contributed by atoms with Gasteiger partial charge in [0.15, 0.2) is 0 Å². The number of esters is 1. The van der Waals surface area contributed by atoms with Crippen LogP contribution in [0, 0.1) is 0 Å². The van der Waals surface area contributed by atoms with Gasteiger partial charge in [0.1, 0.15) is 17.9 Å². The first-order valence-corrected chi connectivity index (χ1v) is 8.80. The summed E-state index contributed by atoms with van der Waals surface area (Å²) < 4.78 is 10.5. The van der Waals surface area contributed by atoms with E-state index in [1.54, 1.807) is 20.8 Å². The largest absolute Gasteiger partial charge is 0.455 e. The van der Waals surface area contributed by atoms with Crippen molar-refractivity contribution in [2.75, 3.05) is 6.61 Å². The van der Waals surface area contributed by atoms with Gasteiger partial charge < -0.3 is 9.47 Å². The van der Waals surface area contributed by atoms with Gasteiger partial charge in [-0.1, -0.05) is 55.1 Å². The van der Waals surface area contributed by atoms with Crippen molar-refractivity contribution in [3.05, 3.63) is 71.9 Å². The fourth-order valence-corrected chi connectivity index (χ4v) is 3.15. The highest BCUT2D eigenvalue weighted by molar-refractivity contribution is 5.91. The molecule has 0 saturated heterocycles. The topological polar surface area (TPSA) is 64.6 Å². The van der Waals surface area contributed by atoms with Crippen molar-refractivity contribution >= 4 is 12.1 Å². The molecular weight excluding hydrogens is 342 g/mol. The number of carbonyl (C=O) groups is 2. The van der Waals surface area contributed by atoms with Crippen molar-refractivity contribution in [1.29, 1.82) is 0 Å². The first-order chi connectivity index (χ1) is 12.8. The lowest BCUT2D eigenvalue weighted by molar-refractivity contribution is -0.150. The van der Waals surface area contributed by atoms with Crippen LogP contribution in [-0.4, -0.2) is 24.3 Å². The Morgan fingerprint density at radius 1 is 1.00 bits per heavy atom. The zero-order valence-corrected chi connectivity index (χ0v) is 15.7. The monoisotopic (exact) mass is 365 g/mol. The van der Waals surface area contributed by atoms with Gasteiger partial charge in [0.25, 0.3) is 0 Å². The molecular formula is C22H23NO4. The predicted octanol–water partition coefficient (Wildman–Crippen LogP) is 4.38. The third-order valence-electron chi connectivity index (χ3n) is 4.24. The van der Waals surface area contributed by atoms with Crippen molar-refractivity contribution in [2.45, 2.75) is 32.3 Å². The zero-order valence-electron chi connectivity index (χ0n) is 15.7. The smallest absolute Gasteiger partial charge is 0.411 e. The Morgan fingerprint density at radius 3 is 2.04 bits per heavy atom. The Kier molecular flexibility index (Phi) is 5.04. The van der Waals surface area contributed by atoms with Crippen molar-refractivity contribution in [3.8, 4) is 11.1 Å². The lowest BCUT2D eigenvalue weighted by atomic mass is 9.98. The SMILES string of the molecule is C=C(NC(=O)OCC1c2ccccc2-c2ccccc21)C(=O)OC(C)(C)C. The maximum absolute atomic E-state index is 12.1. The number of hydrogen-bond donors (Lipinski definition) is 1. The van der Waals surface area contributed by atoms with Gasteiger partial charge in [0.05, 0.1) is 0 Å². The maximum atomic E-state index is 12.1. The van der Waals surface area contributed by atoms with Gasteiger partial charge >= 0.3 is 12.1 Å². The number of hydrogen-bond acceptors (Lipinski definition) is 4. The first kappa shape index (κ1) is 18.7. The van der Waals surface area contributed by atoms with Gasteiger partial charge in [-0.3, -0.25) is 5.32 Å². The van der Waals surface area contributed by atoms with Crippen LogP contribution in [0.25, 0.3) is 11.1 Å². The molecule has 2 aromatic carbocycles. The average Bonchev–Trinajstić information content (AvgIpc) is 2.92. The number of benzene rings is 2. The molecule has 0 radical (unpaired) electrons. The highest BCUT2D eigenvalue weighted by Gasteiger charge is 2.29. The van der Waals surface area contributed by atoms with E-state index < -0.39 is 17.7 Å². The van der Waals surface area contributed by atoms with Crippen LogP contribution in [0.2, 0.25) is 0 Å². The molecule has 5 heteroatoms. The summed E-state index contributed by atoms with van der Waals surface area (Å²) in [5.74, 6) is -0.728. The van der Waals surface area contributed by atoms with Crippen LogP contribution in [-0.2, 0) is 14.3 Å². The van der Waals surface area contributed by atoms with E-state index >= 15 is 0 Å². The summed E-state index contributed by atoms with van der Waals surface area (Å²) in [6.07, 6.45) is -0.729. The van der Waals surface area contributed by atoms with Crippen LogP contribution in [0.5, 0.6) is 0 Å². The minimum atomic E-state index is -0.729. The second-order valence-corrected chi connectivity index (χ2v) is 7.43. The van der Waals surface area contributed by atoms with E-state index in [-0.39, 0.29) is 18.2 Å². The van der Waals surface area contributed by atoms with Gasteiger partial charge in [0.2, 0.25) is 0 Å². The van der Waals surface area contributed by atoms with E-state index in [4.69, 9.17) is 9.47 Å². The van der Waals surface area contributed by atoms with Crippen LogP contribution < -0.4 is 5.32 Å². The quantitative estimate of drug-likeness (QED) is 0.645. The normalized spacial score (nSPS) is 12.7. The summed E-state index contributed by atoms with van der Waals surface area (Å²) in [4.78, 5) is 24.0. The van der Waals surface area contributed by atoms with E-state index in [1.165, 1.54) is 0 Å². The second-order valence-electron chi connectivity index (χ2n) is 7.43.